The predicted molar refractivity (Wildman–Crippen MR) is 90.0 cm³/mol. The Hall–Kier alpha value is -1.32. The number of hydrogen-bond donors (Lipinski definition) is 2. The Morgan fingerprint density at radius 2 is 2.05 bits per heavy atom. The molecule has 1 aromatic carbocycles. The highest BCUT2D eigenvalue weighted by Crippen LogP contribution is 2.15. The van der Waals surface area contributed by atoms with Crippen LogP contribution < -0.4 is 10.6 Å². The summed E-state index contributed by atoms with van der Waals surface area (Å²) in [7, 11) is 0. The highest BCUT2D eigenvalue weighted by molar-refractivity contribution is 5.85. The molecule has 0 saturated carbocycles. The van der Waals surface area contributed by atoms with Crippen molar-refractivity contribution in [2.24, 2.45) is 0 Å². The molecule has 3 nitrogen and oxygen atoms in total. The molecule has 0 aliphatic carbocycles. The van der Waals surface area contributed by atoms with Gasteiger partial charge in [0.15, 0.2) is 0 Å². The normalized spacial score (nSPS) is 16.8. The molecule has 21 heavy (non-hydrogen) atoms. The van der Waals surface area contributed by atoms with Crippen molar-refractivity contribution in [1.82, 2.24) is 10.6 Å². The van der Waals surface area contributed by atoms with E-state index in [1.165, 1.54) is 11.1 Å². The molecule has 2 rings (SSSR count). The van der Waals surface area contributed by atoms with Gasteiger partial charge in [-0.25, -0.2) is 0 Å². The van der Waals surface area contributed by atoms with E-state index in [1.54, 1.807) is 0 Å². The van der Waals surface area contributed by atoms with E-state index >= 15 is 0 Å². The first kappa shape index (κ1) is 17.7. The van der Waals surface area contributed by atoms with E-state index in [9.17, 15) is 4.79 Å². The smallest absolute Gasteiger partial charge is 0.241 e. The van der Waals surface area contributed by atoms with Gasteiger partial charge in [-0.1, -0.05) is 50.3 Å². The van der Waals surface area contributed by atoms with Gasteiger partial charge < -0.3 is 5.32 Å². The number of hydrogen-bond acceptors (Lipinski definition) is 2. The van der Waals surface area contributed by atoms with Crippen molar-refractivity contribution in [2.75, 3.05) is 13.1 Å². The monoisotopic (exact) mass is 308 g/mol. The van der Waals surface area contributed by atoms with E-state index in [-0.39, 0.29) is 24.4 Å². The minimum atomic E-state index is -0.139. The van der Waals surface area contributed by atoms with Gasteiger partial charge in [0.25, 0.3) is 0 Å². The summed E-state index contributed by atoms with van der Waals surface area (Å²) in [4.78, 5) is 11.8. The van der Waals surface area contributed by atoms with Crippen molar-refractivity contribution in [3.8, 4) is 0 Å². The van der Waals surface area contributed by atoms with Gasteiger partial charge in [-0.15, -0.1) is 12.4 Å². The molecule has 1 amide bonds. The molecule has 0 radical (unpaired) electrons. The lowest BCUT2D eigenvalue weighted by atomic mass is 10.0. The van der Waals surface area contributed by atoms with Crippen LogP contribution in [0.2, 0.25) is 0 Å². The number of amides is 1. The van der Waals surface area contributed by atoms with Crippen LogP contribution in [-0.4, -0.2) is 25.0 Å². The Morgan fingerprint density at radius 1 is 1.33 bits per heavy atom. The lowest BCUT2D eigenvalue weighted by molar-refractivity contribution is -0.121. The van der Waals surface area contributed by atoms with Crippen LogP contribution in [-0.2, 0) is 11.2 Å². The van der Waals surface area contributed by atoms with Gasteiger partial charge in [0.05, 0.1) is 0 Å². The fourth-order valence-electron chi connectivity index (χ4n) is 2.33. The van der Waals surface area contributed by atoms with Crippen LogP contribution in [0.15, 0.2) is 36.4 Å². The average Bonchev–Trinajstić information content (AvgIpc) is 2.98. The zero-order valence-electron chi connectivity index (χ0n) is 12.8. The van der Waals surface area contributed by atoms with Gasteiger partial charge in [0.2, 0.25) is 5.91 Å². The van der Waals surface area contributed by atoms with Crippen molar-refractivity contribution < 1.29 is 4.79 Å². The number of halogens is 1. The van der Waals surface area contributed by atoms with E-state index in [2.05, 4.69) is 48.7 Å². The number of carbonyl (C=O) groups is 1. The maximum atomic E-state index is 11.8. The molecule has 1 atom stereocenters. The molecule has 0 fully saturated rings. The second-order valence-electron chi connectivity index (χ2n) is 5.60. The number of carbonyl (C=O) groups excluding carboxylic acids is 1. The summed E-state index contributed by atoms with van der Waals surface area (Å²) < 4.78 is 0. The van der Waals surface area contributed by atoms with Gasteiger partial charge in [0, 0.05) is 13.1 Å². The van der Waals surface area contributed by atoms with Crippen molar-refractivity contribution in [3.63, 3.8) is 0 Å². The summed E-state index contributed by atoms with van der Waals surface area (Å²) in [6, 6.07) is 8.65. The van der Waals surface area contributed by atoms with Crippen LogP contribution in [0.1, 0.15) is 37.3 Å². The van der Waals surface area contributed by atoms with E-state index < -0.39 is 0 Å². The highest BCUT2D eigenvalue weighted by atomic mass is 35.5. The zero-order valence-corrected chi connectivity index (χ0v) is 13.6. The van der Waals surface area contributed by atoms with E-state index in [4.69, 9.17) is 0 Å². The SMILES string of the molecule is CC(C)c1ccc(CCCNC(=O)C2C=CCN2)cc1.Cl. The van der Waals surface area contributed by atoms with Crippen LogP contribution >= 0.6 is 12.4 Å². The zero-order chi connectivity index (χ0) is 14.4. The minimum Gasteiger partial charge on any atom is -0.354 e. The molecule has 4 heteroatoms. The average molecular weight is 309 g/mol. The lowest BCUT2D eigenvalue weighted by Crippen LogP contribution is -2.40. The molecule has 1 aliphatic rings. The molecule has 1 heterocycles. The topological polar surface area (TPSA) is 41.1 Å². The molecular formula is C17H25ClN2O. The third-order valence-corrected chi connectivity index (χ3v) is 3.65. The molecule has 0 bridgehead atoms. The summed E-state index contributed by atoms with van der Waals surface area (Å²) in [6.45, 7) is 5.93. The molecule has 2 N–H and O–H groups in total. The first-order chi connectivity index (χ1) is 9.66. The molecule has 0 aromatic heterocycles. The van der Waals surface area contributed by atoms with Crippen LogP contribution in [0, 0.1) is 0 Å². The quantitative estimate of drug-likeness (QED) is 0.627. The second-order valence-corrected chi connectivity index (χ2v) is 5.60. The maximum absolute atomic E-state index is 11.8. The fourth-order valence-corrected chi connectivity index (χ4v) is 2.33. The Bertz CT molecular complexity index is 468. The molecule has 0 spiro atoms. The second kappa shape index (κ2) is 8.85. The van der Waals surface area contributed by atoms with Crippen molar-refractivity contribution in [2.45, 2.75) is 38.6 Å². The Labute approximate surface area is 133 Å². The molecular weight excluding hydrogens is 284 g/mol. The van der Waals surface area contributed by atoms with Gasteiger partial charge in [-0.2, -0.15) is 0 Å². The summed E-state index contributed by atoms with van der Waals surface area (Å²) in [6.07, 6.45) is 5.89. The Kier molecular flexibility index (Phi) is 7.48. The van der Waals surface area contributed by atoms with Crippen LogP contribution in [0.3, 0.4) is 0 Å². The first-order valence-corrected chi connectivity index (χ1v) is 7.43. The number of aryl methyl sites for hydroxylation is 1. The van der Waals surface area contributed by atoms with Crippen molar-refractivity contribution in [1.29, 1.82) is 0 Å². The van der Waals surface area contributed by atoms with Crippen LogP contribution in [0.25, 0.3) is 0 Å². The third kappa shape index (κ3) is 5.52. The van der Waals surface area contributed by atoms with Gasteiger partial charge in [-0.05, 0) is 29.9 Å². The van der Waals surface area contributed by atoms with E-state index in [1.807, 2.05) is 12.2 Å². The number of benzene rings is 1. The molecule has 116 valence electrons. The fraction of sp³-hybridized carbons (Fsp3) is 0.471. The largest absolute Gasteiger partial charge is 0.354 e. The number of rotatable bonds is 6. The van der Waals surface area contributed by atoms with Crippen LogP contribution in [0.4, 0.5) is 0 Å². The number of nitrogens with one attached hydrogen (secondary N) is 2. The lowest BCUT2D eigenvalue weighted by Gasteiger charge is -2.10. The van der Waals surface area contributed by atoms with Crippen molar-refractivity contribution >= 4 is 18.3 Å². The predicted octanol–water partition coefficient (Wildman–Crippen LogP) is 2.81. The van der Waals surface area contributed by atoms with Crippen molar-refractivity contribution in [3.05, 3.63) is 47.5 Å². The van der Waals surface area contributed by atoms with Gasteiger partial charge >= 0.3 is 0 Å². The summed E-state index contributed by atoms with van der Waals surface area (Å²) in [5.74, 6) is 0.657. The van der Waals surface area contributed by atoms with Gasteiger partial charge in [-0.3, -0.25) is 10.1 Å². The molecule has 1 unspecified atom stereocenters. The molecule has 0 saturated heterocycles. The standard InChI is InChI=1S/C17H24N2O.ClH/c1-13(2)15-9-7-14(8-10-15)5-3-12-19-17(20)16-6-4-11-18-16;/h4,6-10,13,16,18H,3,5,11-12H2,1-2H3,(H,19,20);1H. The summed E-state index contributed by atoms with van der Waals surface area (Å²) >= 11 is 0. The molecule has 1 aromatic rings. The van der Waals surface area contributed by atoms with E-state index in [0.717, 1.165) is 25.9 Å². The van der Waals surface area contributed by atoms with E-state index in [0.29, 0.717) is 5.92 Å². The first-order valence-electron chi connectivity index (χ1n) is 7.43. The Morgan fingerprint density at radius 3 is 2.62 bits per heavy atom. The summed E-state index contributed by atoms with van der Waals surface area (Å²) in [5, 5.41) is 6.08. The molecule has 1 aliphatic heterocycles. The maximum Gasteiger partial charge on any atom is 0.241 e. The highest BCUT2D eigenvalue weighted by Gasteiger charge is 2.16. The minimum absolute atomic E-state index is 0. The third-order valence-electron chi connectivity index (χ3n) is 3.65. The Balaban J connectivity index is 0.00000220. The van der Waals surface area contributed by atoms with Crippen LogP contribution in [0.5, 0.6) is 0 Å². The summed E-state index contributed by atoms with van der Waals surface area (Å²) in [5.41, 5.74) is 2.71. The van der Waals surface area contributed by atoms with Gasteiger partial charge in [0.1, 0.15) is 6.04 Å².